The molecule has 0 radical (unpaired) electrons. The molecule has 20 heavy (non-hydrogen) atoms. The van der Waals surface area contributed by atoms with Crippen molar-refractivity contribution in [2.45, 2.75) is 26.7 Å². The lowest BCUT2D eigenvalue weighted by molar-refractivity contribution is 0.0958. The molecule has 0 aliphatic carbocycles. The number of hydrogen-bond donors (Lipinski definition) is 1. The van der Waals surface area contributed by atoms with Gasteiger partial charge < -0.3 is 15.1 Å². The van der Waals surface area contributed by atoms with E-state index in [1.54, 1.807) is 23.1 Å². The van der Waals surface area contributed by atoms with Crippen LogP contribution in [0, 0.1) is 0 Å². The fourth-order valence-electron chi connectivity index (χ4n) is 2.04. The van der Waals surface area contributed by atoms with Crippen LogP contribution in [-0.2, 0) is 6.42 Å². The Morgan fingerprint density at radius 3 is 2.40 bits per heavy atom. The van der Waals surface area contributed by atoms with Crippen molar-refractivity contribution in [2.24, 2.45) is 0 Å². The van der Waals surface area contributed by atoms with E-state index < -0.39 is 0 Å². The summed E-state index contributed by atoms with van der Waals surface area (Å²) in [5.74, 6) is 1.09. The molecule has 0 aliphatic rings. The Kier molecular flexibility index (Phi) is 4.45. The molecule has 2 aromatic rings. The van der Waals surface area contributed by atoms with Crippen LogP contribution in [0.25, 0.3) is 0 Å². The van der Waals surface area contributed by atoms with Crippen LogP contribution in [0.4, 0.5) is 11.4 Å². The summed E-state index contributed by atoms with van der Waals surface area (Å²) in [6.07, 6.45) is 1.65. The summed E-state index contributed by atoms with van der Waals surface area (Å²) in [6, 6.07) is 10.9. The maximum atomic E-state index is 12.6. The van der Waals surface area contributed by atoms with Crippen LogP contribution in [0.2, 0.25) is 0 Å². The molecular formula is C16H20N2O2. The van der Waals surface area contributed by atoms with E-state index in [0.29, 0.717) is 18.0 Å². The number of nitrogen functional groups attached to an aromatic ring is 1. The molecule has 106 valence electrons. The van der Waals surface area contributed by atoms with Crippen LogP contribution in [-0.4, -0.2) is 12.5 Å². The molecule has 1 amide bonds. The number of nitrogens with two attached hydrogens (primary N) is 1. The molecule has 4 nitrogen and oxygen atoms in total. The molecule has 2 N–H and O–H groups in total. The van der Waals surface area contributed by atoms with E-state index in [1.165, 1.54) is 0 Å². The summed E-state index contributed by atoms with van der Waals surface area (Å²) in [5.41, 5.74) is 7.21. The van der Waals surface area contributed by atoms with Crippen LogP contribution in [0.1, 0.15) is 36.6 Å². The van der Waals surface area contributed by atoms with Crippen molar-refractivity contribution in [3.63, 3.8) is 0 Å². The third kappa shape index (κ3) is 3.02. The van der Waals surface area contributed by atoms with Crippen LogP contribution >= 0.6 is 0 Å². The number of anilines is 2. The lowest BCUT2D eigenvalue weighted by atomic mass is 10.2. The normalized spacial score (nSPS) is 10.5. The number of furan rings is 1. The summed E-state index contributed by atoms with van der Waals surface area (Å²) in [4.78, 5) is 14.3. The first-order valence-corrected chi connectivity index (χ1v) is 6.91. The highest BCUT2D eigenvalue weighted by Gasteiger charge is 2.20. The Hall–Kier alpha value is -2.23. The standard InChI is InChI=1S/C16H20N2O2/c1-3-11-18(13-7-5-12(17)6-8-13)16(19)15-10-9-14(4-2)20-15/h5-10H,3-4,11,17H2,1-2H3. The second-order valence-electron chi connectivity index (χ2n) is 4.67. The van der Waals surface area contributed by atoms with Gasteiger partial charge >= 0.3 is 0 Å². The number of rotatable bonds is 5. The van der Waals surface area contributed by atoms with Crippen LogP contribution in [0.15, 0.2) is 40.8 Å². The quantitative estimate of drug-likeness (QED) is 0.848. The van der Waals surface area contributed by atoms with Crippen molar-refractivity contribution in [1.82, 2.24) is 0 Å². The van der Waals surface area contributed by atoms with E-state index in [2.05, 4.69) is 0 Å². The molecule has 0 spiro atoms. The van der Waals surface area contributed by atoms with Gasteiger partial charge in [0.05, 0.1) is 0 Å². The van der Waals surface area contributed by atoms with Gasteiger partial charge in [0.25, 0.3) is 5.91 Å². The molecule has 0 aliphatic heterocycles. The third-order valence-electron chi connectivity index (χ3n) is 3.12. The van der Waals surface area contributed by atoms with E-state index >= 15 is 0 Å². The highest BCUT2D eigenvalue weighted by atomic mass is 16.4. The fourth-order valence-corrected chi connectivity index (χ4v) is 2.04. The Labute approximate surface area is 119 Å². The van der Waals surface area contributed by atoms with Crippen LogP contribution < -0.4 is 10.6 Å². The second kappa shape index (κ2) is 6.28. The lowest BCUT2D eigenvalue weighted by Crippen LogP contribution is -2.31. The molecular weight excluding hydrogens is 252 g/mol. The zero-order valence-electron chi connectivity index (χ0n) is 11.9. The van der Waals surface area contributed by atoms with Crippen molar-refractivity contribution >= 4 is 17.3 Å². The monoisotopic (exact) mass is 272 g/mol. The van der Waals surface area contributed by atoms with Crippen molar-refractivity contribution in [3.8, 4) is 0 Å². The number of hydrogen-bond acceptors (Lipinski definition) is 3. The average Bonchev–Trinajstić information content (AvgIpc) is 2.94. The van der Waals surface area contributed by atoms with Gasteiger partial charge in [-0.25, -0.2) is 0 Å². The summed E-state index contributed by atoms with van der Waals surface area (Å²) in [7, 11) is 0. The third-order valence-corrected chi connectivity index (χ3v) is 3.12. The number of carbonyl (C=O) groups excluding carboxylic acids is 1. The van der Waals surface area contributed by atoms with E-state index in [1.807, 2.05) is 32.0 Å². The molecule has 1 heterocycles. The lowest BCUT2D eigenvalue weighted by Gasteiger charge is -2.21. The Morgan fingerprint density at radius 1 is 1.15 bits per heavy atom. The zero-order valence-corrected chi connectivity index (χ0v) is 11.9. The summed E-state index contributed by atoms with van der Waals surface area (Å²) >= 11 is 0. The topological polar surface area (TPSA) is 59.5 Å². The first-order chi connectivity index (χ1) is 9.65. The number of aryl methyl sites for hydroxylation is 1. The molecule has 0 bridgehead atoms. The molecule has 1 aromatic heterocycles. The van der Waals surface area contributed by atoms with E-state index in [4.69, 9.17) is 10.2 Å². The van der Waals surface area contributed by atoms with Crippen LogP contribution in [0.3, 0.4) is 0 Å². The smallest absolute Gasteiger partial charge is 0.293 e. The number of benzene rings is 1. The SMILES string of the molecule is CCCN(C(=O)c1ccc(CC)o1)c1ccc(N)cc1. The van der Waals surface area contributed by atoms with E-state index in [9.17, 15) is 4.79 Å². The second-order valence-corrected chi connectivity index (χ2v) is 4.67. The highest BCUT2D eigenvalue weighted by molar-refractivity contribution is 6.04. The Bertz CT molecular complexity index is 572. The molecule has 2 rings (SSSR count). The van der Waals surface area contributed by atoms with E-state index in [-0.39, 0.29) is 5.91 Å². The first-order valence-electron chi connectivity index (χ1n) is 6.91. The molecule has 0 unspecified atom stereocenters. The molecule has 0 saturated heterocycles. The van der Waals surface area contributed by atoms with Crippen molar-refractivity contribution in [1.29, 1.82) is 0 Å². The number of nitrogens with zero attached hydrogens (tertiary/aromatic N) is 1. The Morgan fingerprint density at radius 2 is 1.85 bits per heavy atom. The summed E-state index contributed by atoms with van der Waals surface area (Å²) < 4.78 is 5.55. The van der Waals surface area contributed by atoms with Crippen molar-refractivity contribution in [2.75, 3.05) is 17.2 Å². The first kappa shape index (κ1) is 14.2. The zero-order chi connectivity index (χ0) is 14.5. The maximum Gasteiger partial charge on any atom is 0.293 e. The minimum absolute atomic E-state index is 0.115. The van der Waals surface area contributed by atoms with Gasteiger partial charge in [-0.1, -0.05) is 13.8 Å². The van der Waals surface area contributed by atoms with Gasteiger partial charge in [-0.15, -0.1) is 0 Å². The van der Waals surface area contributed by atoms with Gasteiger partial charge in [0.15, 0.2) is 5.76 Å². The van der Waals surface area contributed by atoms with Crippen molar-refractivity contribution < 1.29 is 9.21 Å². The van der Waals surface area contributed by atoms with Gasteiger partial charge in [-0.3, -0.25) is 4.79 Å². The summed E-state index contributed by atoms with van der Waals surface area (Å²) in [5, 5.41) is 0. The van der Waals surface area contributed by atoms with Gasteiger partial charge in [0.2, 0.25) is 0 Å². The Balaban J connectivity index is 2.27. The van der Waals surface area contributed by atoms with Gasteiger partial charge in [0.1, 0.15) is 5.76 Å². The van der Waals surface area contributed by atoms with Gasteiger partial charge in [-0.2, -0.15) is 0 Å². The largest absolute Gasteiger partial charge is 0.456 e. The van der Waals surface area contributed by atoms with Gasteiger partial charge in [-0.05, 0) is 42.8 Å². The van der Waals surface area contributed by atoms with Gasteiger partial charge in [0, 0.05) is 24.3 Å². The summed E-state index contributed by atoms with van der Waals surface area (Å²) in [6.45, 7) is 4.68. The number of amides is 1. The maximum absolute atomic E-state index is 12.6. The van der Waals surface area contributed by atoms with Crippen molar-refractivity contribution in [3.05, 3.63) is 47.9 Å². The van der Waals surface area contributed by atoms with Crippen LogP contribution in [0.5, 0.6) is 0 Å². The molecule has 1 aromatic carbocycles. The predicted octanol–water partition coefficient (Wildman–Crippen LogP) is 3.48. The average molecular weight is 272 g/mol. The molecule has 4 heteroatoms. The molecule has 0 fully saturated rings. The number of carbonyl (C=O) groups is 1. The molecule has 0 saturated carbocycles. The van der Waals surface area contributed by atoms with E-state index in [0.717, 1.165) is 24.3 Å². The predicted molar refractivity (Wildman–Crippen MR) is 80.9 cm³/mol. The fraction of sp³-hybridized carbons (Fsp3) is 0.312. The molecule has 0 atom stereocenters. The highest BCUT2D eigenvalue weighted by Crippen LogP contribution is 2.20. The minimum Gasteiger partial charge on any atom is -0.456 e. The minimum atomic E-state index is -0.115.